The SMILES string of the molecule is CS(=O)(=O)CCS(=O)(=O)NCc1ccc(S(N)(=O)=O)s1. The van der Waals surface area contributed by atoms with E-state index in [1.54, 1.807) is 0 Å². The highest BCUT2D eigenvalue weighted by atomic mass is 32.2. The molecule has 0 radical (unpaired) electrons. The van der Waals surface area contributed by atoms with Crippen LogP contribution in [0.15, 0.2) is 16.3 Å². The minimum absolute atomic E-state index is 0.0668. The van der Waals surface area contributed by atoms with Crippen molar-refractivity contribution in [3.05, 3.63) is 17.0 Å². The van der Waals surface area contributed by atoms with Crippen LogP contribution in [0.25, 0.3) is 0 Å². The Morgan fingerprint density at radius 2 is 1.70 bits per heavy atom. The van der Waals surface area contributed by atoms with Gasteiger partial charge >= 0.3 is 0 Å². The van der Waals surface area contributed by atoms with Crippen molar-refractivity contribution in [2.24, 2.45) is 5.14 Å². The molecule has 0 saturated carbocycles. The molecule has 1 aromatic heterocycles. The standard InChI is InChI=1S/C8H14N2O6S4/c1-18(11,12)4-5-19(13,14)10-6-7-2-3-8(17-7)20(9,15)16/h2-3,10H,4-6H2,1H3,(H2,9,15,16). The predicted octanol–water partition coefficient (Wildman–Crippen LogP) is -1.14. The van der Waals surface area contributed by atoms with Crippen molar-refractivity contribution >= 4 is 41.2 Å². The fourth-order valence-electron chi connectivity index (χ4n) is 1.12. The van der Waals surface area contributed by atoms with Gasteiger partial charge in [-0.3, -0.25) is 0 Å². The summed E-state index contributed by atoms with van der Waals surface area (Å²) < 4.78 is 69.1. The molecule has 20 heavy (non-hydrogen) atoms. The molecule has 8 nitrogen and oxygen atoms in total. The Morgan fingerprint density at radius 1 is 1.10 bits per heavy atom. The lowest BCUT2D eigenvalue weighted by Crippen LogP contribution is -2.28. The maximum Gasteiger partial charge on any atom is 0.247 e. The maximum atomic E-state index is 11.5. The fourth-order valence-corrected chi connectivity index (χ4v) is 5.54. The molecule has 1 heterocycles. The van der Waals surface area contributed by atoms with Gasteiger partial charge in [0.1, 0.15) is 14.0 Å². The van der Waals surface area contributed by atoms with Crippen molar-refractivity contribution in [1.82, 2.24) is 4.72 Å². The monoisotopic (exact) mass is 362 g/mol. The second-order valence-corrected chi connectivity index (χ2v) is 11.2. The van der Waals surface area contributed by atoms with E-state index in [1.165, 1.54) is 12.1 Å². The highest BCUT2D eigenvalue weighted by Crippen LogP contribution is 2.20. The van der Waals surface area contributed by atoms with E-state index in [0.717, 1.165) is 17.6 Å². The molecule has 0 atom stereocenters. The number of hydrogen-bond acceptors (Lipinski definition) is 7. The van der Waals surface area contributed by atoms with Crippen molar-refractivity contribution in [2.45, 2.75) is 10.8 Å². The zero-order chi connectivity index (χ0) is 15.6. The lowest BCUT2D eigenvalue weighted by molar-refractivity contribution is 0.579. The third-order valence-corrected chi connectivity index (χ3v) is 7.16. The van der Waals surface area contributed by atoms with Crippen LogP contribution in [-0.2, 0) is 36.4 Å². The molecule has 0 amide bonds. The van der Waals surface area contributed by atoms with Gasteiger partial charge in [-0.15, -0.1) is 11.3 Å². The van der Waals surface area contributed by atoms with Crippen LogP contribution in [0, 0.1) is 0 Å². The Hall–Kier alpha value is -0.530. The summed E-state index contributed by atoms with van der Waals surface area (Å²) in [6.07, 6.45) is 0.945. The molecule has 0 saturated heterocycles. The summed E-state index contributed by atoms with van der Waals surface area (Å²) in [5.41, 5.74) is 0. The smallest absolute Gasteiger partial charge is 0.229 e. The summed E-state index contributed by atoms with van der Waals surface area (Å²) in [4.78, 5) is 0.456. The second kappa shape index (κ2) is 6.07. The summed E-state index contributed by atoms with van der Waals surface area (Å²) in [6, 6.07) is 2.71. The largest absolute Gasteiger partial charge is 0.247 e. The van der Waals surface area contributed by atoms with E-state index >= 15 is 0 Å². The lowest BCUT2D eigenvalue weighted by atomic mass is 10.5. The van der Waals surface area contributed by atoms with E-state index in [1.807, 2.05) is 0 Å². The highest BCUT2D eigenvalue weighted by Gasteiger charge is 2.16. The third-order valence-electron chi connectivity index (χ3n) is 2.11. The van der Waals surface area contributed by atoms with Crippen LogP contribution in [-0.4, -0.2) is 43.0 Å². The Labute approximate surface area is 122 Å². The number of thiophene rings is 1. The van der Waals surface area contributed by atoms with Crippen LogP contribution in [0.1, 0.15) is 4.88 Å². The van der Waals surface area contributed by atoms with E-state index in [0.29, 0.717) is 4.88 Å². The summed E-state index contributed by atoms with van der Waals surface area (Å²) in [7, 11) is -10.9. The average molecular weight is 362 g/mol. The Balaban J connectivity index is 2.65. The van der Waals surface area contributed by atoms with Gasteiger partial charge in [0.05, 0.1) is 11.5 Å². The first-order valence-electron chi connectivity index (χ1n) is 5.16. The highest BCUT2D eigenvalue weighted by molar-refractivity contribution is 7.93. The molecule has 1 aromatic rings. The topological polar surface area (TPSA) is 140 Å². The minimum Gasteiger partial charge on any atom is -0.229 e. The van der Waals surface area contributed by atoms with E-state index in [-0.39, 0.29) is 10.8 Å². The van der Waals surface area contributed by atoms with E-state index < -0.39 is 41.4 Å². The van der Waals surface area contributed by atoms with Crippen LogP contribution >= 0.6 is 11.3 Å². The van der Waals surface area contributed by atoms with Crippen LogP contribution in [0.2, 0.25) is 0 Å². The van der Waals surface area contributed by atoms with Gasteiger partial charge in [0.15, 0.2) is 0 Å². The molecule has 0 aliphatic carbocycles. The lowest BCUT2D eigenvalue weighted by Gasteiger charge is -2.04. The second-order valence-electron chi connectivity index (χ2n) is 4.04. The number of sulfonamides is 2. The van der Waals surface area contributed by atoms with Gasteiger partial charge in [0.2, 0.25) is 20.0 Å². The summed E-state index contributed by atoms with van der Waals surface area (Å²) in [6.45, 7) is -0.119. The molecular weight excluding hydrogens is 348 g/mol. The van der Waals surface area contributed by atoms with E-state index in [9.17, 15) is 25.3 Å². The van der Waals surface area contributed by atoms with E-state index in [4.69, 9.17) is 5.14 Å². The van der Waals surface area contributed by atoms with Gasteiger partial charge in [-0.2, -0.15) is 0 Å². The molecule has 12 heteroatoms. The number of hydrogen-bond donors (Lipinski definition) is 2. The summed E-state index contributed by atoms with van der Waals surface area (Å²) >= 11 is 0.846. The minimum atomic E-state index is -3.80. The molecule has 0 fully saturated rings. The van der Waals surface area contributed by atoms with Crippen LogP contribution in [0.3, 0.4) is 0 Å². The average Bonchev–Trinajstić information content (AvgIpc) is 2.71. The van der Waals surface area contributed by atoms with Crippen molar-refractivity contribution in [3.63, 3.8) is 0 Å². The van der Waals surface area contributed by atoms with Crippen molar-refractivity contribution < 1.29 is 25.3 Å². The number of sulfone groups is 1. The molecule has 0 aliphatic rings. The quantitative estimate of drug-likeness (QED) is 0.628. The zero-order valence-corrected chi connectivity index (χ0v) is 13.7. The van der Waals surface area contributed by atoms with Crippen LogP contribution in [0.4, 0.5) is 0 Å². The first kappa shape index (κ1) is 17.5. The first-order valence-corrected chi connectivity index (χ1v) is 11.2. The summed E-state index contributed by atoms with van der Waals surface area (Å²) in [5.74, 6) is -1.02. The molecule has 0 unspecified atom stereocenters. The van der Waals surface area contributed by atoms with Crippen molar-refractivity contribution in [1.29, 1.82) is 0 Å². The zero-order valence-electron chi connectivity index (χ0n) is 10.4. The molecule has 0 aliphatic heterocycles. The van der Waals surface area contributed by atoms with Gasteiger partial charge in [-0.05, 0) is 12.1 Å². The maximum absolute atomic E-state index is 11.5. The predicted molar refractivity (Wildman–Crippen MR) is 76.0 cm³/mol. The first-order chi connectivity index (χ1) is 8.89. The van der Waals surface area contributed by atoms with E-state index in [2.05, 4.69) is 4.72 Å². The van der Waals surface area contributed by atoms with Crippen LogP contribution in [0.5, 0.6) is 0 Å². The van der Waals surface area contributed by atoms with Gasteiger partial charge in [0.25, 0.3) is 0 Å². The number of primary sulfonamides is 1. The van der Waals surface area contributed by atoms with Crippen LogP contribution < -0.4 is 9.86 Å². The third kappa shape index (κ3) is 6.28. The molecule has 0 spiro atoms. The fraction of sp³-hybridized carbons (Fsp3) is 0.500. The Kier molecular flexibility index (Phi) is 5.32. The Bertz CT molecular complexity index is 775. The molecule has 116 valence electrons. The van der Waals surface area contributed by atoms with Gasteiger partial charge in [-0.1, -0.05) is 0 Å². The molecule has 0 bridgehead atoms. The van der Waals surface area contributed by atoms with Gasteiger partial charge in [-0.25, -0.2) is 35.1 Å². The summed E-state index contributed by atoms with van der Waals surface area (Å²) in [5, 5.41) is 4.92. The van der Waals surface area contributed by atoms with Crippen molar-refractivity contribution in [2.75, 3.05) is 17.8 Å². The molecular formula is C8H14N2O6S4. The normalized spacial score (nSPS) is 13.5. The molecule has 1 rings (SSSR count). The number of nitrogens with one attached hydrogen (secondary N) is 1. The molecule has 3 N–H and O–H groups in total. The Morgan fingerprint density at radius 3 is 2.15 bits per heavy atom. The molecule has 0 aromatic carbocycles. The van der Waals surface area contributed by atoms with Crippen molar-refractivity contribution in [3.8, 4) is 0 Å². The van der Waals surface area contributed by atoms with Gasteiger partial charge in [0, 0.05) is 17.7 Å². The number of nitrogens with two attached hydrogens (primary N) is 1. The van der Waals surface area contributed by atoms with Gasteiger partial charge < -0.3 is 0 Å². The number of rotatable bonds is 7.